The molecule has 0 spiro atoms. The van der Waals surface area contributed by atoms with Gasteiger partial charge in [-0.05, 0) is 26.0 Å². The normalized spacial score (nSPS) is 11.6. The summed E-state index contributed by atoms with van der Waals surface area (Å²) >= 11 is 1.36. The van der Waals surface area contributed by atoms with Gasteiger partial charge in [0, 0.05) is 24.3 Å². The molecule has 1 aromatic heterocycles. The van der Waals surface area contributed by atoms with E-state index in [-0.39, 0.29) is 17.6 Å². The molecule has 6 nitrogen and oxygen atoms in total. The third kappa shape index (κ3) is 5.04. The fraction of sp³-hybridized carbons (Fsp3) is 0.273. The van der Waals surface area contributed by atoms with Crippen molar-refractivity contribution in [2.24, 2.45) is 5.92 Å². The maximum atomic E-state index is 12.7. The minimum atomic E-state index is -0.193. The van der Waals surface area contributed by atoms with Crippen LogP contribution in [0.2, 0.25) is 0 Å². The average Bonchev–Trinajstić information content (AvgIpc) is 3.20. The molecule has 1 unspecified atom stereocenters. The second-order valence-electron chi connectivity index (χ2n) is 6.59. The minimum Gasteiger partial charge on any atom is -0.341 e. The first-order chi connectivity index (χ1) is 14.1. The van der Waals surface area contributed by atoms with E-state index in [2.05, 4.69) is 16.3 Å². The number of rotatable bonds is 8. The Labute approximate surface area is 175 Å². The van der Waals surface area contributed by atoms with E-state index in [4.69, 9.17) is 5.26 Å². The predicted molar refractivity (Wildman–Crippen MR) is 115 cm³/mol. The smallest absolute Gasteiger partial charge is 0.233 e. The van der Waals surface area contributed by atoms with Crippen molar-refractivity contribution < 1.29 is 4.79 Å². The van der Waals surface area contributed by atoms with E-state index in [1.54, 1.807) is 4.90 Å². The zero-order chi connectivity index (χ0) is 20.6. The Kier molecular flexibility index (Phi) is 7.04. The van der Waals surface area contributed by atoms with Crippen LogP contribution in [0.1, 0.15) is 13.8 Å². The van der Waals surface area contributed by atoms with Gasteiger partial charge in [-0.3, -0.25) is 9.36 Å². The first kappa shape index (κ1) is 20.6. The Morgan fingerprint density at radius 3 is 2.41 bits per heavy atom. The van der Waals surface area contributed by atoms with Crippen LogP contribution in [0.25, 0.3) is 17.1 Å². The lowest BCUT2D eigenvalue weighted by molar-refractivity contribution is -0.128. The lowest BCUT2D eigenvalue weighted by Crippen LogP contribution is -2.35. The summed E-state index contributed by atoms with van der Waals surface area (Å²) in [4.78, 5) is 14.4. The molecule has 0 N–H and O–H groups in total. The highest BCUT2D eigenvalue weighted by Gasteiger charge is 2.19. The maximum absolute atomic E-state index is 12.7. The summed E-state index contributed by atoms with van der Waals surface area (Å²) in [6, 6.07) is 21.9. The Bertz CT molecular complexity index is 981. The highest BCUT2D eigenvalue weighted by atomic mass is 32.2. The molecule has 0 fully saturated rings. The van der Waals surface area contributed by atoms with Crippen LogP contribution in [0.4, 0.5) is 0 Å². The number of hydrogen-bond donors (Lipinski definition) is 0. The van der Waals surface area contributed by atoms with Crippen LogP contribution in [-0.4, -0.2) is 44.4 Å². The Balaban J connectivity index is 1.86. The summed E-state index contributed by atoms with van der Waals surface area (Å²) in [6.45, 7) is 4.76. The molecule has 0 aliphatic carbocycles. The minimum absolute atomic E-state index is 0.0107. The van der Waals surface area contributed by atoms with Gasteiger partial charge >= 0.3 is 0 Å². The number of hydrogen-bond acceptors (Lipinski definition) is 5. The Morgan fingerprint density at radius 1 is 1.14 bits per heavy atom. The number of carbonyl (C=O) groups is 1. The summed E-state index contributed by atoms with van der Waals surface area (Å²) < 4.78 is 1.97. The van der Waals surface area contributed by atoms with Crippen molar-refractivity contribution in [3.8, 4) is 23.1 Å². The maximum Gasteiger partial charge on any atom is 0.233 e. The zero-order valence-corrected chi connectivity index (χ0v) is 17.3. The number of amides is 1. The summed E-state index contributed by atoms with van der Waals surface area (Å²) in [5.74, 6) is 0.772. The third-order valence-corrected chi connectivity index (χ3v) is 5.37. The van der Waals surface area contributed by atoms with E-state index in [0.717, 1.165) is 17.1 Å². The van der Waals surface area contributed by atoms with Crippen molar-refractivity contribution in [3.63, 3.8) is 0 Å². The van der Waals surface area contributed by atoms with E-state index in [1.807, 2.05) is 79.1 Å². The summed E-state index contributed by atoms with van der Waals surface area (Å²) in [7, 11) is 0. The van der Waals surface area contributed by atoms with Crippen LogP contribution in [0.3, 0.4) is 0 Å². The molecule has 0 aliphatic rings. The van der Waals surface area contributed by atoms with Gasteiger partial charge in [-0.1, -0.05) is 60.3 Å². The monoisotopic (exact) mass is 405 g/mol. The van der Waals surface area contributed by atoms with Gasteiger partial charge in [-0.2, -0.15) is 5.26 Å². The molecule has 0 bridgehead atoms. The number of carbonyl (C=O) groups excluding carboxylic acids is 1. The number of benzene rings is 2. The second-order valence-corrected chi connectivity index (χ2v) is 7.54. The summed E-state index contributed by atoms with van der Waals surface area (Å²) in [5.41, 5.74) is 1.90. The van der Waals surface area contributed by atoms with Crippen LogP contribution in [-0.2, 0) is 4.79 Å². The van der Waals surface area contributed by atoms with Crippen molar-refractivity contribution in [3.05, 3.63) is 60.7 Å². The van der Waals surface area contributed by atoms with Crippen LogP contribution in [0.5, 0.6) is 0 Å². The molecule has 2 aromatic carbocycles. The third-order valence-electron chi connectivity index (χ3n) is 4.45. The lowest BCUT2D eigenvalue weighted by Gasteiger charge is -2.21. The quantitative estimate of drug-likeness (QED) is 0.529. The van der Waals surface area contributed by atoms with E-state index in [1.165, 1.54) is 11.8 Å². The van der Waals surface area contributed by atoms with E-state index >= 15 is 0 Å². The van der Waals surface area contributed by atoms with Crippen molar-refractivity contribution >= 4 is 17.7 Å². The van der Waals surface area contributed by atoms with Gasteiger partial charge in [-0.25, -0.2) is 0 Å². The van der Waals surface area contributed by atoms with Crippen molar-refractivity contribution in [2.45, 2.75) is 19.0 Å². The van der Waals surface area contributed by atoms with E-state index in [0.29, 0.717) is 18.2 Å². The highest BCUT2D eigenvalue weighted by Crippen LogP contribution is 2.28. The van der Waals surface area contributed by atoms with Crippen LogP contribution < -0.4 is 0 Å². The van der Waals surface area contributed by atoms with Crippen LogP contribution in [0.15, 0.2) is 65.8 Å². The van der Waals surface area contributed by atoms with Crippen LogP contribution in [0, 0.1) is 17.2 Å². The van der Waals surface area contributed by atoms with Gasteiger partial charge in [0.25, 0.3) is 0 Å². The highest BCUT2D eigenvalue weighted by molar-refractivity contribution is 7.99. The van der Waals surface area contributed by atoms with Gasteiger partial charge in [0.05, 0.1) is 17.7 Å². The summed E-state index contributed by atoms with van der Waals surface area (Å²) in [5, 5.41) is 18.4. The summed E-state index contributed by atoms with van der Waals surface area (Å²) in [6.07, 6.45) is 0. The lowest BCUT2D eigenvalue weighted by atomic mass is 10.2. The van der Waals surface area contributed by atoms with Gasteiger partial charge in [-0.15, -0.1) is 10.2 Å². The Hall–Kier alpha value is -3.11. The largest absolute Gasteiger partial charge is 0.341 e. The van der Waals surface area contributed by atoms with Gasteiger partial charge < -0.3 is 4.90 Å². The Morgan fingerprint density at radius 2 is 1.79 bits per heavy atom. The molecular weight excluding hydrogens is 382 g/mol. The van der Waals surface area contributed by atoms with Gasteiger partial charge in [0.2, 0.25) is 5.91 Å². The van der Waals surface area contributed by atoms with Gasteiger partial charge in [0.15, 0.2) is 11.0 Å². The molecule has 3 rings (SSSR count). The molecule has 1 heterocycles. The zero-order valence-electron chi connectivity index (χ0n) is 16.5. The standard InChI is InChI=1S/C22H23N5OS/c1-3-26(15-17(2)14-23)20(28)16-29-22-25-24-21(18-10-6-4-7-11-18)27(22)19-12-8-5-9-13-19/h4-13,17H,3,15-16H2,1-2H3. The van der Waals surface area contributed by atoms with Crippen LogP contribution >= 0.6 is 11.8 Å². The number of para-hydroxylation sites is 1. The number of nitrogens with zero attached hydrogens (tertiary/aromatic N) is 5. The topological polar surface area (TPSA) is 74.8 Å². The van der Waals surface area contributed by atoms with Crippen molar-refractivity contribution in [2.75, 3.05) is 18.8 Å². The first-order valence-corrected chi connectivity index (χ1v) is 10.5. The number of nitriles is 1. The molecule has 0 aliphatic heterocycles. The molecule has 7 heteroatoms. The molecule has 148 valence electrons. The second kappa shape index (κ2) is 9.89. The molecule has 1 atom stereocenters. The molecule has 1 amide bonds. The fourth-order valence-electron chi connectivity index (χ4n) is 2.94. The van der Waals surface area contributed by atoms with Gasteiger partial charge in [0.1, 0.15) is 0 Å². The molecule has 0 saturated heterocycles. The molecule has 0 radical (unpaired) electrons. The average molecular weight is 406 g/mol. The van der Waals surface area contributed by atoms with E-state index in [9.17, 15) is 4.79 Å². The molecular formula is C22H23N5OS. The van der Waals surface area contributed by atoms with Crippen molar-refractivity contribution in [1.82, 2.24) is 19.7 Å². The number of thioether (sulfide) groups is 1. The molecule has 0 saturated carbocycles. The molecule has 29 heavy (non-hydrogen) atoms. The van der Waals surface area contributed by atoms with E-state index < -0.39 is 0 Å². The number of aromatic nitrogens is 3. The molecule has 3 aromatic rings. The first-order valence-electron chi connectivity index (χ1n) is 9.50. The SMILES string of the molecule is CCN(CC(C)C#N)C(=O)CSc1nnc(-c2ccccc2)n1-c1ccccc1. The fourth-order valence-corrected chi connectivity index (χ4v) is 3.80. The predicted octanol–water partition coefficient (Wildman–Crippen LogP) is 4.03. The van der Waals surface area contributed by atoms with Crippen molar-refractivity contribution in [1.29, 1.82) is 5.26 Å².